The summed E-state index contributed by atoms with van der Waals surface area (Å²) in [6, 6.07) is 0. The average molecular weight is 150 g/mol. The van der Waals surface area contributed by atoms with Gasteiger partial charge in [0.25, 0.3) is 0 Å². The molecule has 1 heteroatoms. The maximum Gasteiger partial charge on any atom is 0.167 e. The molecule has 0 heterocycles. The molecule has 0 saturated heterocycles. The topological polar surface area (TPSA) is 17.1 Å². The molecule has 1 aliphatic carbocycles. The molecular weight excluding hydrogens is 136 g/mol. The molecule has 0 aromatic heterocycles. The minimum absolute atomic E-state index is 0.239. The van der Waals surface area contributed by atoms with Crippen molar-refractivity contribution in [1.29, 1.82) is 0 Å². The van der Waals surface area contributed by atoms with E-state index < -0.39 is 0 Å². The van der Waals surface area contributed by atoms with Crippen LogP contribution in [0.15, 0.2) is 23.3 Å². The fourth-order valence-electron chi connectivity index (χ4n) is 1.59. The molecular formula is C10H14O. The van der Waals surface area contributed by atoms with E-state index in [9.17, 15) is 4.79 Å². The number of ketones is 1. The lowest BCUT2D eigenvalue weighted by Gasteiger charge is -2.23. The van der Waals surface area contributed by atoms with Crippen LogP contribution in [0.2, 0.25) is 0 Å². The van der Waals surface area contributed by atoms with Crippen LogP contribution in [0.5, 0.6) is 0 Å². The summed E-state index contributed by atoms with van der Waals surface area (Å²) >= 11 is 0. The van der Waals surface area contributed by atoms with Gasteiger partial charge in [-0.25, -0.2) is 0 Å². The van der Waals surface area contributed by atoms with Crippen LogP contribution in [0.25, 0.3) is 0 Å². The predicted octanol–water partition coefficient (Wildman–Crippen LogP) is 2.49. The SMILES string of the molecule is CC1=CC(C)(C)C(=O)C(C)=C1. The van der Waals surface area contributed by atoms with E-state index in [4.69, 9.17) is 0 Å². The second kappa shape index (κ2) is 2.33. The predicted molar refractivity (Wildman–Crippen MR) is 46.3 cm³/mol. The molecule has 0 atom stereocenters. The second-order valence-corrected chi connectivity index (χ2v) is 3.77. The molecule has 0 saturated carbocycles. The van der Waals surface area contributed by atoms with Crippen molar-refractivity contribution in [1.82, 2.24) is 0 Å². The highest BCUT2D eigenvalue weighted by Gasteiger charge is 2.28. The lowest BCUT2D eigenvalue weighted by Crippen LogP contribution is -2.25. The van der Waals surface area contributed by atoms with Gasteiger partial charge in [-0.1, -0.05) is 17.7 Å². The molecule has 11 heavy (non-hydrogen) atoms. The van der Waals surface area contributed by atoms with Gasteiger partial charge in [0.1, 0.15) is 0 Å². The number of Topliss-reactive ketones (excluding diaryl/α,β-unsaturated/α-hetero) is 1. The number of rotatable bonds is 0. The maximum absolute atomic E-state index is 11.5. The first-order valence-electron chi connectivity index (χ1n) is 3.86. The first-order chi connectivity index (χ1) is 4.93. The van der Waals surface area contributed by atoms with E-state index in [1.807, 2.05) is 39.8 Å². The summed E-state index contributed by atoms with van der Waals surface area (Å²) < 4.78 is 0. The summed E-state index contributed by atoms with van der Waals surface area (Å²) in [6.07, 6.45) is 3.95. The van der Waals surface area contributed by atoms with E-state index in [2.05, 4.69) is 0 Å². The molecule has 1 nitrogen and oxygen atoms in total. The number of hydrogen-bond acceptors (Lipinski definition) is 1. The smallest absolute Gasteiger partial charge is 0.167 e. The van der Waals surface area contributed by atoms with Crippen LogP contribution in [0, 0.1) is 5.41 Å². The lowest BCUT2D eigenvalue weighted by atomic mass is 9.79. The molecule has 0 fully saturated rings. The van der Waals surface area contributed by atoms with E-state index in [0.29, 0.717) is 0 Å². The monoisotopic (exact) mass is 150 g/mol. The maximum atomic E-state index is 11.5. The van der Waals surface area contributed by atoms with Crippen molar-refractivity contribution in [3.05, 3.63) is 23.3 Å². The third-order valence-corrected chi connectivity index (χ3v) is 1.98. The summed E-state index contributed by atoms with van der Waals surface area (Å²) in [5.41, 5.74) is 1.77. The van der Waals surface area contributed by atoms with Crippen LogP contribution in [-0.4, -0.2) is 5.78 Å². The van der Waals surface area contributed by atoms with E-state index in [-0.39, 0.29) is 11.2 Å². The van der Waals surface area contributed by atoms with Gasteiger partial charge in [0, 0.05) is 5.41 Å². The lowest BCUT2D eigenvalue weighted by molar-refractivity contribution is -0.121. The van der Waals surface area contributed by atoms with E-state index in [0.717, 1.165) is 5.57 Å². The molecule has 0 amide bonds. The molecule has 0 radical (unpaired) electrons. The fourth-order valence-corrected chi connectivity index (χ4v) is 1.59. The molecule has 60 valence electrons. The molecule has 1 aliphatic rings. The van der Waals surface area contributed by atoms with Gasteiger partial charge in [-0.15, -0.1) is 0 Å². The van der Waals surface area contributed by atoms with Gasteiger partial charge in [0.15, 0.2) is 5.78 Å². The zero-order valence-corrected chi connectivity index (χ0v) is 7.56. The molecule has 0 aromatic rings. The van der Waals surface area contributed by atoms with Crippen molar-refractivity contribution in [2.75, 3.05) is 0 Å². The largest absolute Gasteiger partial charge is 0.294 e. The third kappa shape index (κ3) is 1.42. The van der Waals surface area contributed by atoms with Gasteiger partial charge in [-0.3, -0.25) is 4.79 Å². The highest BCUT2D eigenvalue weighted by atomic mass is 16.1. The summed E-state index contributed by atoms with van der Waals surface area (Å²) in [6.45, 7) is 7.81. The number of allylic oxidation sites excluding steroid dienone is 4. The summed E-state index contributed by atoms with van der Waals surface area (Å²) in [5.74, 6) is 0.239. The molecule has 0 spiro atoms. The Kier molecular flexibility index (Phi) is 1.75. The Morgan fingerprint density at radius 2 is 1.82 bits per heavy atom. The van der Waals surface area contributed by atoms with Crippen molar-refractivity contribution in [2.45, 2.75) is 27.7 Å². The Morgan fingerprint density at radius 3 is 2.27 bits per heavy atom. The summed E-state index contributed by atoms with van der Waals surface area (Å²) in [7, 11) is 0. The zero-order valence-electron chi connectivity index (χ0n) is 7.56. The van der Waals surface area contributed by atoms with Crippen molar-refractivity contribution < 1.29 is 4.79 Å². The third-order valence-electron chi connectivity index (χ3n) is 1.98. The van der Waals surface area contributed by atoms with Crippen LogP contribution < -0.4 is 0 Å². The van der Waals surface area contributed by atoms with Crippen LogP contribution in [0.3, 0.4) is 0 Å². The number of carbonyl (C=O) groups excluding carboxylic acids is 1. The number of carbonyl (C=O) groups is 1. The standard InChI is InChI=1S/C10H14O/c1-7-5-8(2)9(11)10(3,4)6-7/h5-6H,1-4H3. The Balaban J connectivity index is 3.11. The minimum atomic E-state index is -0.289. The van der Waals surface area contributed by atoms with Crippen molar-refractivity contribution in [3.63, 3.8) is 0 Å². The summed E-state index contributed by atoms with van der Waals surface area (Å²) in [4.78, 5) is 11.5. The van der Waals surface area contributed by atoms with Gasteiger partial charge < -0.3 is 0 Å². The van der Waals surface area contributed by atoms with Crippen LogP contribution >= 0.6 is 0 Å². The average Bonchev–Trinajstić information content (AvgIpc) is 1.81. The Hall–Kier alpha value is -0.850. The van der Waals surface area contributed by atoms with Crippen LogP contribution in [-0.2, 0) is 4.79 Å². The van der Waals surface area contributed by atoms with Crippen molar-refractivity contribution in [3.8, 4) is 0 Å². The van der Waals surface area contributed by atoms with Gasteiger partial charge in [0.05, 0.1) is 0 Å². The van der Waals surface area contributed by atoms with Gasteiger partial charge >= 0.3 is 0 Å². The van der Waals surface area contributed by atoms with Crippen molar-refractivity contribution >= 4 is 5.78 Å². The van der Waals surface area contributed by atoms with Gasteiger partial charge in [-0.05, 0) is 33.3 Å². The van der Waals surface area contributed by atoms with Gasteiger partial charge in [0.2, 0.25) is 0 Å². The molecule has 0 unspecified atom stereocenters. The molecule has 0 N–H and O–H groups in total. The van der Waals surface area contributed by atoms with Crippen LogP contribution in [0.4, 0.5) is 0 Å². The van der Waals surface area contributed by atoms with Gasteiger partial charge in [-0.2, -0.15) is 0 Å². The van der Waals surface area contributed by atoms with E-state index >= 15 is 0 Å². The van der Waals surface area contributed by atoms with E-state index in [1.54, 1.807) is 0 Å². The second-order valence-electron chi connectivity index (χ2n) is 3.77. The minimum Gasteiger partial charge on any atom is -0.294 e. The van der Waals surface area contributed by atoms with E-state index in [1.165, 1.54) is 5.57 Å². The summed E-state index contributed by atoms with van der Waals surface area (Å²) in [5, 5.41) is 0. The molecule has 0 bridgehead atoms. The first kappa shape index (κ1) is 8.25. The Morgan fingerprint density at radius 1 is 1.27 bits per heavy atom. The van der Waals surface area contributed by atoms with Crippen LogP contribution in [0.1, 0.15) is 27.7 Å². The normalized spacial score (nSPS) is 22.7. The highest BCUT2D eigenvalue weighted by molar-refractivity contribution is 6.01. The Bertz CT molecular complexity index is 254. The Labute approximate surface area is 67.8 Å². The molecule has 0 aromatic carbocycles. The highest BCUT2D eigenvalue weighted by Crippen LogP contribution is 2.29. The molecule has 0 aliphatic heterocycles. The number of hydrogen-bond donors (Lipinski definition) is 0. The molecule has 1 rings (SSSR count). The van der Waals surface area contributed by atoms with Crippen molar-refractivity contribution in [2.24, 2.45) is 5.41 Å². The first-order valence-corrected chi connectivity index (χ1v) is 3.86. The quantitative estimate of drug-likeness (QED) is 0.518. The zero-order chi connectivity index (χ0) is 8.65. The fraction of sp³-hybridized carbons (Fsp3) is 0.500.